The van der Waals surface area contributed by atoms with Gasteiger partial charge in [-0.05, 0) is 44.9 Å². The normalized spacial score (nSPS) is 33.6. The van der Waals surface area contributed by atoms with Crippen molar-refractivity contribution in [3.63, 3.8) is 0 Å². The summed E-state index contributed by atoms with van der Waals surface area (Å²) in [6.45, 7) is 4.04. The minimum absolute atomic E-state index is 0.293. The van der Waals surface area contributed by atoms with E-state index in [1.165, 1.54) is 12.8 Å². The topological polar surface area (TPSA) is 29.1 Å². The van der Waals surface area contributed by atoms with Crippen LogP contribution in [0.5, 0.6) is 0 Å². The fraction of sp³-hybridized carbons (Fsp3) is 0.900. The van der Waals surface area contributed by atoms with Crippen LogP contribution in [-0.2, 0) is 4.79 Å². The Labute approximate surface area is 73.7 Å². The average molecular weight is 167 g/mol. The first kappa shape index (κ1) is 8.09. The first-order chi connectivity index (χ1) is 5.68. The third-order valence-corrected chi connectivity index (χ3v) is 2.84. The van der Waals surface area contributed by atoms with Crippen molar-refractivity contribution in [3.8, 4) is 0 Å². The van der Waals surface area contributed by atoms with E-state index in [-0.39, 0.29) is 0 Å². The summed E-state index contributed by atoms with van der Waals surface area (Å²) in [6, 6.07) is 0.304. The van der Waals surface area contributed by atoms with Gasteiger partial charge in [-0.3, -0.25) is 4.79 Å². The second kappa shape index (κ2) is 2.75. The highest BCUT2D eigenvalue weighted by Crippen LogP contribution is 2.54. The number of nitrogens with one attached hydrogen (secondary N) is 1. The van der Waals surface area contributed by atoms with E-state index in [1.54, 1.807) is 0 Å². The maximum Gasteiger partial charge on any atom is 0.223 e. The van der Waals surface area contributed by atoms with E-state index in [0.29, 0.717) is 17.9 Å². The first-order valence-corrected chi connectivity index (χ1v) is 4.99. The van der Waals surface area contributed by atoms with Gasteiger partial charge in [0.25, 0.3) is 0 Å². The van der Waals surface area contributed by atoms with Crippen molar-refractivity contribution < 1.29 is 4.79 Å². The van der Waals surface area contributed by atoms with Crippen molar-refractivity contribution in [1.82, 2.24) is 5.32 Å². The summed E-state index contributed by atoms with van der Waals surface area (Å²) in [5.74, 6) is 2.33. The number of amides is 1. The molecule has 2 heteroatoms. The molecule has 12 heavy (non-hydrogen) atoms. The Bertz CT molecular complexity index is 196. The molecule has 2 nitrogen and oxygen atoms in total. The molecule has 2 unspecified atom stereocenters. The summed E-state index contributed by atoms with van der Waals surface area (Å²) in [5.41, 5.74) is 0. The Kier molecular flexibility index (Phi) is 1.85. The summed E-state index contributed by atoms with van der Waals surface area (Å²) >= 11 is 0. The Morgan fingerprint density at radius 1 is 1.42 bits per heavy atom. The van der Waals surface area contributed by atoms with Gasteiger partial charge in [0.05, 0.1) is 0 Å². The molecule has 2 rings (SSSR count). The SMILES string of the molecule is CC(C)NC(=O)C1CC1C1CC1. The van der Waals surface area contributed by atoms with Crippen LogP contribution in [-0.4, -0.2) is 11.9 Å². The van der Waals surface area contributed by atoms with E-state index in [4.69, 9.17) is 0 Å². The van der Waals surface area contributed by atoms with Crippen molar-refractivity contribution in [2.45, 2.75) is 39.2 Å². The van der Waals surface area contributed by atoms with E-state index in [9.17, 15) is 4.79 Å². The molecule has 0 aliphatic heterocycles. The molecule has 2 saturated carbocycles. The van der Waals surface area contributed by atoms with Crippen LogP contribution in [0.15, 0.2) is 0 Å². The molecule has 0 heterocycles. The third-order valence-electron chi connectivity index (χ3n) is 2.84. The maximum absolute atomic E-state index is 11.4. The van der Waals surface area contributed by atoms with Crippen LogP contribution in [0.3, 0.4) is 0 Å². The minimum atomic E-state index is 0.293. The van der Waals surface area contributed by atoms with Gasteiger partial charge in [0.1, 0.15) is 0 Å². The lowest BCUT2D eigenvalue weighted by Gasteiger charge is -2.07. The molecule has 2 aliphatic rings. The monoisotopic (exact) mass is 167 g/mol. The summed E-state index contributed by atoms with van der Waals surface area (Å²) in [4.78, 5) is 11.4. The molecule has 0 aromatic rings. The van der Waals surface area contributed by atoms with Crippen molar-refractivity contribution in [3.05, 3.63) is 0 Å². The van der Waals surface area contributed by atoms with Gasteiger partial charge in [0.2, 0.25) is 5.91 Å². The van der Waals surface area contributed by atoms with Crippen molar-refractivity contribution in [1.29, 1.82) is 0 Å². The molecule has 2 atom stereocenters. The molecule has 2 fully saturated rings. The van der Waals surface area contributed by atoms with Gasteiger partial charge in [0.15, 0.2) is 0 Å². The molecule has 0 bridgehead atoms. The Morgan fingerprint density at radius 3 is 2.58 bits per heavy atom. The number of hydrogen-bond acceptors (Lipinski definition) is 1. The van der Waals surface area contributed by atoms with E-state index >= 15 is 0 Å². The molecule has 68 valence electrons. The van der Waals surface area contributed by atoms with Crippen LogP contribution < -0.4 is 5.32 Å². The molecule has 1 N–H and O–H groups in total. The molecule has 0 aromatic heterocycles. The minimum Gasteiger partial charge on any atom is -0.354 e. The Morgan fingerprint density at radius 2 is 2.08 bits per heavy atom. The first-order valence-electron chi connectivity index (χ1n) is 4.99. The summed E-state index contributed by atoms with van der Waals surface area (Å²) in [7, 11) is 0. The third kappa shape index (κ3) is 1.62. The predicted octanol–water partition coefficient (Wildman–Crippen LogP) is 1.56. The second-order valence-corrected chi connectivity index (χ2v) is 4.51. The van der Waals surface area contributed by atoms with Gasteiger partial charge in [0, 0.05) is 12.0 Å². The zero-order valence-corrected chi connectivity index (χ0v) is 7.84. The zero-order chi connectivity index (χ0) is 8.72. The molecule has 0 radical (unpaired) electrons. The van der Waals surface area contributed by atoms with Crippen LogP contribution in [0, 0.1) is 17.8 Å². The lowest BCUT2D eigenvalue weighted by Crippen LogP contribution is -2.31. The molecule has 2 aliphatic carbocycles. The van der Waals surface area contributed by atoms with Gasteiger partial charge >= 0.3 is 0 Å². The largest absolute Gasteiger partial charge is 0.354 e. The number of carbonyl (C=O) groups excluding carboxylic acids is 1. The zero-order valence-electron chi connectivity index (χ0n) is 7.84. The molecular formula is C10H17NO. The predicted molar refractivity (Wildman–Crippen MR) is 47.6 cm³/mol. The van der Waals surface area contributed by atoms with E-state index in [2.05, 4.69) is 5.32 Å². The fourth-order valence-electron chi connectivity index (χ4n) is 1.95. The van der Waals surface area contributed by atoms with E-state index in [0.717, 1.165) is 18.3 Å². The summed E-state index contributed by atoms with van der Waals surface area (Å²) in [5, 5.41) is 2.98. The average Bonchev–Trinajstić information content (AvgIpc) is 2.81. The Hall–Kier alpha value is -0.530. The number of carbonyl (C=O) groups is 1. The smallest absolute Gasteiger partial charge is 0.223 e. The highest BCUT2D eigenvalue weighted by atomic mass is 16.2. The van der Waals surface area contributed by atoms with Gasteiger partial charge in [-0.1, -0.05) is 0 Å². The molecule has 1 amide bonds. The number of rotatable bonds is 3. The lowest BCUT2D eigenvalue weighted by atomic mass is 10.2. The molecule has 0 saturated heterocycles. The van der Waals surface area contributed by atoms with Crippen LogP contribution in [0.4, 0.5) is 0 Å². The summed E-state index contributed by atoms with van der Waals surface area (Å²) in [6.07, 6.45) is 3.90. The maximum atomic E-state index is 11.4. The van der Waals surface area contributed by atoms with Gasteiger partial charge in [-0.25, -0.2) is 0 Å². The van der Waals surface area contributed by atoms with Crippen LogP contribution in [0.1, 0.15) is 33.1 Å². The van der Waals surface area contributed by atoms with Gasteiger partial charge in [-0.2, -0.15) is 0 Å². The Balaban J connectivity index is 1.75. The van der Waals surface area contributed by atoms with Crippen LogP contribution in [0.2, 0.25) is 0 Å². The summed E-state index contributed by atoms with van der Waals surface area (Å²) < 4.78 is 0. The highest BCUT2D eigenvalue weighted by molar-refractivity contribution is 5.81. The van der Waals surface area contributed by atoms with Gasteiger partial charge in [-0.15, -0.1) is 0 Å². The molecule has 0 spiro atoms. The van der Waals surface area contributed by atoms with Crippen LogP contribution >= 0.6 is 0 Å². The van der Waals surface area contributed by atoms with E-state index < -0.39 is 0 Å². The van der Waals surface area contributed by atoms with E-state index in [1.807, 2.05) is 13.8 Å². The standard InChI is InChI=1S/C10H17NO/c1-6(2)11-10(12)9-5-8(9)7-3-4-7/h6-9H,3-5H2,1-2H3,(H,11,12). The highest BCUT2D eigenvalue weighted by Gasteiger charge is 2.50. The van der Waals surface area contributed by atoms with Crippen molar-refractivity contribution in [2.75, 3.05) is 0 Å². The lowest BCUT2D eigenvalue weighted by molar-refractivity contribution is -0.123. The van der Waals surface area contributed by atoms with Crippen LogP contribution in [0.25, 0.3) is 0 Å². The van der Waals surface area contributed by atoms with Crippen molar-refractivity contribution >= 4 is 5.91 Å². The second-order valence-electron chi connectivity index (χ2n) is 4.51. The fourth-order valence-corrected chi connectivity index (χ4v) is 1.95. The van der Waals surface area contributed by atoms with Crippen molar-refractivity contribution in [2.24, 2.45) is 17.8 Å². The van der Waals surface area contributed by atoms with Gasteiger partial charge < -0.3 is 5.32 Å². The number of hydrogen-bond donors (Lipinski definition) is 1. The molecular weight excluding hydrogens is 150 g/mol. The molecule has 0 aromatic carbocycles. The quantitative estimate of drug-likeness (QED) is 0.679.